The van der Waals surface area contributed by atoms with E-state index in [0.717, 1.165) is 23.4 Å². The van der Waals surface area contributed by atoms with Crippen LogP contribution in [0, 0.1) is 17.5 Å². The predicted molar refractivity (Wildman–Crippen MR) is 89.9 cm³/mol. The van der Waals surface area contributed by atoms with E-state index in [1.165, 1.54) is 0 Å². The lowest BCUT2D eigenvalue weighted by molar-refractivity contribution is 0.481. The van der Waals surface area contributed by atoms with Crippen LogP contribution < -0.4 is 5.32 Å². The lowest BCUT2D eigenvalue weighted by Crippen LogP contribution is -2.08. The van der Waals surface area contributed by atoms with Crippen LogP contribution in [-0.4, -0.2) is 19.6 Å². The first-order chi connectivity index (χ1) is 12.6. The highest BCUT2D eigenvalue weighted by atomic mass is 19.2. The van der Waals surface area contributed by atoms with Gasteiger partial charge in [-0.05, 0) is 36.4 Å². The lowest BCUT2D eigenvalue weighted by Gasteiger charge is -2.09. The Morgan fingerprint density at radius 1 is 0.923 bits per heavy atom. The molecule has 0 aliphatic heterocycles. The number of nitrogens with one attached hydrogen (secondary N) is 1. The predicted octanol–water partition coefficient (Wildman–Crippen LogP) is 3.82. The zero-order valence-corrected chi connectivity index (χ0v) is 13.3. The number of pyridine rings is 1. The summed E-state index contributed by atoms with van der Waals surface area (Å²) in [4.78, 5) is 8.25. The second kappa shape index (κ2) is 6.47. The molecule has 3 aromatic heterocycles. The molecule has 0 saturated heterocycles. The zero-order chi connectivity index (χ0) is 18.1. The molecule has 0 unspecified atom stereocenters. The van der Waals surface area contributed by atoms with Crippen LogP contribution in [0.25, 0.3) is 16.9 Å². The van der Waals surface area contributed by atoms with E-state index in [4.69, 9.17) is 0 Å². The minimum absolute atomic E-state index is 0.243. The van der Waals surface area contributed by atoms with Gasteiger partial charge in [-0.15, -0.1) is 5.10 Å². The molecular formula is C18H12F3N5. The average Bonchev–Trinajstić information content (AvgIpc) is 3.09. The monoisotopic (exact) mass is 355 g/mol. The van der Waals surface area contributed by atoms with Gasteiger partial charge in [-0.2, -0.15) is 0 Å². The summed E-state index contributed by atoms with van der Waals surface area (Å²) in [6, 6.07) is 8.64. The number of anilines is 1. The van der Waals surface area contributed by atoms with Gasteiger partial charge in [0.15, 0.2) is 17.3 Å². The second-order valence-corrected chi connectivity index (χ2v) is 5.54. The molecule has 5 nitrogen and oxygen atoms in total. The molecule has 0 fully saturated rings. The number of nitrogens with zero attached hydrogens (tertiary/aromatic N) is 4. The highest BCUT2D eigenvalue weighted by Crippen LogP contribution is 2.21. The summed E-state index contributed by atoms with van der Waals surface area (Å²) in [6.07, 6.45) is 4.99. The van der Waals surface area contributed by atoms with Gasteiger partial charge in [-0.25, -0.2) is 22.7 Å². The molecule has 0 saturated carbocycles. The van der Waals surface area contributed by atoms with Crippen LogP contribution in [0.5, 0.6) is 0 Å². The SMILES string of the molecule is Fc1ccc(F)c(CNc2ccc3ncc(-c4ccncc4)n3n2)c1F. The molecule has 1 N–H and O–H groups in total. The van der Waals surface area contributed by atoms with Crippen molar-refractivity contribution in [1.29, 1.82) is 0 Å². The van der Waals surface area contributed by atoms with Gasteiger partial charge in [-0.3, -0.25) is 4.98 Å². The number of benzene rings is 1. The normalized spacial score (nSPS) is 11.0. The minimum atomic E-state index is -1.21. The van der Waals surface area contributed by atoms with Crippen molar-refractivity contribution >= 4 is 11.5 Å². The van der Waals surface area contributed by atoms with Crippen LogP contribution in [0.3, 0.4) is 0 Å². The van der Waals surface area contributed by atoms with E-state index in [1.807, 2.05) is 12.1 Å². The van der Waals surface area contributed by atoms with Gasteiger partial charge in [0.2, 0.25) is 0 Å². The van der Waals surface area contributed by atoms with Crippen LogP contribution in [0.1, 0.15) is 5.56 Å². The molecule has 4 rings (SSSR count). The highest BCUT2D eigenvalue weighted by Gasteiger charge is 2.14. The Balaban J connectivity index is 1.65. The largest absolute Gasteiger partial charge is 0.364 e. The Hall–Kier alpha value is -3.42. The Morgan fingerprint density at radius 2 is 1.69 bits per heavy atom. The van der Waals surface area contributed by atoms with Crippen molar-refractivity contribution in [2.24, 2.45) is 0 Å². The van der Waals surface area contributed by atoms with Crippen LogP contribution in [0.2, 0.25) is 0 Å². The molecule has 3 heterocycles. The minimum Gasteiger partial charge on any atom is -0.364 e. The fourth-order valence-electron chi connectivity index (χ4n) is 2.60. The number of hydrogen-bond donors (Lipinski definition) is 1. The zero-order valence-electron chi connectivity index (χ0n) is 13.3. The van der Waals surface area contributed by atoms with E-state index in [-0.39, 0.29) is 12.1 Å². The highest BCUT2D eigenvalue weighted by molar-refractivity contribution is 5.63. The molecule has 0 radical (unpaired) electrons. The fraction of sp³-hybridized carbons (Fsp3) is 0.0556. The van der Waals surface area contributed by atoms with Gasteiger partial charge in [0.1, 0.15) is 11.6 Å². The average molecular weight is 355 g/mol. The summed E-state index contributed by atoms with van der Waals surface area (Å²) in [6.45, 7) is -0.243. The van der Waals surface area contributed by atoms with Crippen molar-refractivity contribution in [2.45, 2.75) is 6.54 Å². The third-order valence-corrected chi connectivity index (χ3v) is 3.92. The Labute approximate surface area is 146 Å². The fourth-order valence-corrected chi connectivity index (χ4v) is 2.60. The summed E-state index contributed by atoms with van der Waals surface area (Å²) in [7, 11) is 0. The number of fused-ring (bicyclic) bond motifs is 1. The van der Waals surface area contributed by atoms with Gasteiger partial charge in [0.05, 0.1) is 11.9 Å². The van der Waals surface area contributed by atoms with Gasteiger partial charge < -0.3 is 5.32 Å². The molecule has 0 atom stereocenters. The van der Waals surface area contributed by atoms with Crippen LogP contribution in [0.15, 0.2) is 55.0 Å². The van der Waals surface area contributed by atoms with E-state index < -0.39 is 17.5 Å². The van der Waals surface area contributed by atoms with Crippen molar-refractivity contribution in [3.63, 3.8) is 0 Å². The van der Waals surface area contributed by atoms with Gasteiger partial charge in [0, 0.05) is 30.1 Å². The number of hydrogen-bond acceptors (Lipinski definition) is 4. The van der Waals surface area contributed by atoms with Crippen LogP contribution >= 0.6 is 0 Å². The van der Waals surface area contributed by atoms with Crippen molar-refractivity contribution in [1.82, 2.24) is 19.6 Å². The maximum absolute atomic E-state index is 13.8. The van der Waals surface area contributed by atoms with Crippen molar-refractivity contribution in [2.75, 3.05) is 5.32 Å². The van der Waals surface area contributed by atoms with Crippen molar-refractivity contribution < 1.29 is 13.2 Å². The smallest absolute Gasteiger partial charge is 0.166 e. The summed E-state index contributed by atoms with van der Waals surface area (Å²) in [5.41, 5.74) is 1.85. The summed E-state index contributed by atoms with van der Waals surface area (Å²) >= 11 is 0. The molecule has 0 amide bonds. The van der Waals surface area contributed by atoms with E-state index in [9.17, 15) is 13.2 Å². The quantitative estimate of drug-likeness (QED) is 0.566. The molecule has 0 bridgehead atoms. The van der Waals surface area contributed by atoms with Crippen molar-refractivity contribution in [3.05, 3.63) is 78.0 Å². The van der Waals surface area contributed by atoms with E-state index in [0.29, 0.717) is 11.5 Å². The lowest BCUT2D eigenvalue weighted by atomic mass is 10.2. The number of aromatic nitrogens is 4. The molecule has 26 heavy (non-hydrogen) atoms. The van der Waals surface area contributed by atoms with Crippen LogP contribution in [-0.2, 0) is 6.54 Å². The van der Waals surface area contributed by atoms with Gasteiger partial charge >= 0.3 is 0 Å². The summed E-state index contributed by atoms with van der Waals surface area (Å²) < 4.78 is 42.4. The summed E-state index contributed by atoms with van der Waals surface area (Å²) in [5, 5.41) is 7.20. The van der Waals surface area contributed by atoms with E-state index >= 15 is 0 Å². The molecule has 4 aromatic rings. The van der Waals surface area contributed by atoms with E-state index in [1.54, 1.807) is 35.2 Å². The van der Waals surface area contributed by atoms with Crippen LogP contribution in [0.4, 0.5) is 19.0 Å². The first-order valence-corrected chi connectivity index (χ1v) is 7.75. The molecule has 130 valence electrons. The molecule has 0 spiro atoms. The number of imidazole rings is 1. The maximum Gasteiger partial charge on any atom is 0.166 e. The molecule has 8 heteroatoms. The maximum atomic E-state index is 13.8. The molecule has 0 aliphatic rings. The number of halogens is 3. The third kappa shape index (κ3) is 2.85. The Morgan fingerprint density at radius 3 is 2.50 bits per heavy atom. The van der Waals surface area contributed by atoms with Gasteiger partial charge in [-0.1, -0.05) is 0 Å². The third-order valence-electron chi connectivity index (χ3n) is 3.92. The first kappa shape index (κ1) is 16.1. The standard InChI is InChI=1S/C18H12F3N5/c19-13-1-2-14(20)18(21)12(13)9-23-16-3-4-17-24-10-15(26(17)25-16)11-5-7-22-8-6-11/h1-8,10H,9H2,(H,23,25). The number of rotatable bonds is 4. The van der Waals surface area contributed by atoms with Gasteiger partial charge in [0.25, 0.3) is 0 Å². The van der Waals surface area contributed by atoms with E-state index in [2.05, 4.69) is 20.4 Å². The Bertz CT molecular complexity index is 1080. The molecule has 0 aliphatic carbocycles. The topological polar surface area (TPSA) is 55.1 Å². The summed E-state index contributed by atoms with van der Waals surface area (Å²) in [5.74, 6) is -2.76. The first-order valence-electron chi connectivity index (χ1n) is 7.75. The van der Waals surface area contributed by atoms with Crippen molar-refractivity contribution in [3.8, 4) is 11.3 Å². The molecular weight excluding hydrogens is 343 g/mol. The Kier molecular flexibility index (Phi) is 4.00. The second-order valence-electron chi connectivity index (χ2n) is 5.54. The molecule has 1 aromatic carbocycles.